The van der Waals surface area contributed by atoms with E-state index in [1.54, 1.807) is 0 Å². The van der Waals surface area contributed by atoms with Gasteiger partial charge in [0.25, 0.3) is 0 Å². The molecule has 0 spiro atoms. The van der Waals surface area contributed by atoms with E-state index in [0.29, 0.717) is 26.3 Å². The van der Waals surface area contributed by atoms with Gasteiger partial charge < -0.3 is 15.8 Å². The van der Waals surface area contributed by atoms with Crippen LogP contribution in [0.5, 0.6) is 0 Å². The lowest BCUT2D eigenvalue weighted by Gasteiger charge is -2.25. The monoisotopic (exact) mass is 454 g/mol. The molecule has 2 rings (SSSR count). The molecule has 1 aromatic carbocycles. The molecule has 130 valence electrons. The molecule has 0 bridgehead atoms. The Morgan fingerprint density at radius 2 is 1.91 bits per heavy atom. The standard InChI is InChI=1S/C14H22N4O3S.HI/c1-12-2-4-13(5-3-12)17-14(15)16-6-11-22(19,20)18-7-9-21-10-8-18;/h2-5H,6-11H2,1H3,(H3,15,16,17);1H. The van der Waals surface area contributed by atoms with Crippen molar-refractivity contribution in [2.75, 3.05) is 43.9 Å². The maximum atomic E-state index is 12.1. The molecule has 3 N–H and O–H groups in total. The first-order chi connectivity index (χ1) is 10.5. The molecular formula is C14H23IN4O3S. The van der Waals surface area contributed by atoms with Crippen molar-refractivity contribution in [3.05, 3.63) is 29.8 Å². The molecule has 1 fully saturated rings. The molecule has 23 heavy (non-hydrogen) atoms. The SMILES string of the molecule is Cc1ccc(NC(N)=NCCS(=O)(=O)N2CCOCC2)cc1.I. The van der Waals surface area contributed by atoms with Gasteiger partial charge in [-0.25, -0.2) is 8.42 Å². The molecule has 7 nitrogen and oxygen atoms in total. The molecular weight excluding hydrogens is 431 g/mol. The predicted octanol–water partition coefficient (Wildman–Crippen LogP) is 1.00. The number of aryl methyl sites for hydroxylation is 1. The summed E-state index contributed by atoms with van der Waals surface area (Å²) in [4.78, 5) is 4.07. The fraction of sp³-hybridized carbons (Fsp3) is 0.500. The quantitative estimate of drug-likeness (QED) is 0.393. The molecule has 0 atom stereocenters. The largest absolute Gasteiger partial charge is 0.379 e. The molecule has 0 amide bonds. The van der Waals surface area contributed by atoms with E-state index in [4.69, 9.17) is 10.5 Å². The smallest absolute Gasteiger partial charge is 0.216 e. The van der Waals surface area contributed by atoms with Crippen molar-refractivity contribution >= 4 is 45.6 Å². The van der Waals surface area contributed by atoms with Gasteiger partial charge in [0.05, 0.1) is 25.5 Å². The third kappa shape index (κ3) is 6.61. The minimum absolute atomic E-state index is 0. The number of morpholine rings is 1. The van der Waals surface area contributed by atoms with Crippen molar-refractivity contribution in [3.63, 3.8) is 0 Å². The Kier molecular flexibility index (Phi) is 8.23. The Morgan fingerprint density at radius 3 is 2.52 bits per heavy atom. The summed E-state index contributed by atoms with van der Waals surface area (Å²) in [5.74, 6) is 0.157. The summed E-state index contributed by atoms with van der Waals surface area (Å²) in [5.41, 5.74) is 7.73. The summed E-state index contributed by atoms with van der Waals surface area (Å²) in [7, 11) is -3.29. The summed E-state index contributed by atoms with van der Waals surface area (Å²) in [6.07, 6.45) is 0. The maximum Gasteiger partial charge on any atom is 0.216 e. The number of benzene rings is 1. The second-order valence-corrected chi connectivity index (χ2v) is 7.17. The maximum absolute atomic E-state index is 12.1. The van der Waals surface area contributed by atoms with E-state index in [9.17, 15) is 8.42 Å². The van der Waals surface area contributed by atoms with Crippen LogP contribution in [0.15, 0.2) is 29.3 Å². The minimum atomic E-state index is -3.29. The number of nitrogens with one attached hydrogen (secondary N) is 1. The molecule has 1 saturated heterocycles. The molecule has 0 saturated carbocycles. The van der Waals surface area contributed by atoms with Crippen LogP contribution in [-0.2, 0) is 14.8 Å². The van der Waals surface area contributed by atoms with Crippen LogP contribution in [0.25, 0.3) is 0 Å². The first-order valence-electron chi connectivity index (χ1n) is 7.16. The predicted molar refractivity (Wildman–Crippen MR) is 103 cm³/mol. The van der Waals surface area contributed by atoms with E-state index in [1.165, 1.54) is 4.31 Å². The Bertz CT molecular complexity index is 613. The fourth-order valence-electron chi connectivity index (χ4n) is 2.06. The molecule has 0 unspecified atom stereocenters. The first kappa shape index (κ1) is 20.1. The van der Waals surface area contributed by atoms with Crippen molar-refractivity contribution in [1.29, 1.82) is 0 Å². The van der Waals surface area contributed by atoms with Gasteiger partial charge in [-0.1, -0.05) is 17.7 Å². The number of nitrogens with two attached hydrogens (primary N) is 1. The van der Waals surface area contributed by atoms with Crippen LogP contribution in [0.1, 0.15) is 5.56 Å². The molecule has 1 aromatic rings. The van der Waals surface area contributed by atoms with Crippen LogP contribution < -0.4 is 11.1 Å². The average Bonchev–Trinajstić information content (AvgIpc) is 2.50. The highest BCUT2D eigenvalue weighted by Crippen LogP contribution is 2.08. The van der Waals surface area contributed by atoms with Gasteiger partial charge in [-0.2, -0.15) is 4.31 Å². The summed E-state index contributed by atoms with van der Waals surface area (Å²) in [5, 5.41) is 2.93. The van der Waals surface area contributed by atoms with Gasteiger partial charge in [-0.3, -0.25) is 4.99 Å². The van der Waals surface area contributed by atoms with Crippen LogP contribution in [0.2, 0.25) is 0 Å². The number of sulfonamides is 1. The molecule has 0 radical (unpaired) electrons. The van der Waals surface area contributed by atoms with Gasteiger partial charge in [0, 0.05) is 18.8 Å². The van der Waals surface area contributed by atoms with Crippen molar-refractivity contribution in [2.45, 2.75) is 6.92 Å². The fourth-order valence-corrected chi connectivity index (χ4v) is 3.35. The lowest BCUT2D eigenvalue weighted by atomic mass is 10.2. The van der Waals surface area contributed by atoms with E-state index >= 15 is 0 Å². The van der Waals surface area contributed by atoms with E-state index in [-0.39, 0.29) is 42.2 Å². The number of nitrogens with zero attached hydrogens (tertiary/aromatic N) is 2. The van der Waals surface area contributed by atoms with Gasteiger partial charge in [0.15, 0.2) is 5.96 Å². The molecule has 1 aliphatic heterocycles. The topological polar surface area (TPSA) is 97.0 Å². The van der Waals surface area contributed by atoms with E-state index in [0.717, 1.165) is 11.3 Å². The zero-order chi connectivity index (χ0) is 16.0. The molecule has 1 aliphatic rings. The minimum Gasteiger partial charge on any atom is -0.379 e. The van der Waals surface area contributed by atoms with Crippen molar-refractivity contribution in [2.24, 2.45) is 10.7 Å². The number of aliphatic imine (C=N–C) groups is 1. The van der Waals surface area contributed by atoms with Crippen LogP contribution in [0.3, 0.4) is 0 Å². The second-order valence-electron chi connectivity index (χ2n) is 5.09. The number of anilines is 1. The van der Waals surface area contributed by atoms with Crippen LogP contribution in [0, 0.1) is 6.92 Å². The summed E-state index contributed by atoms with van der Waals surface area (Å²) < 4.78 is 30.8. The Balaban J connectivity index is 0.00000264. The number of halogens is 1. The highest BCUT2D eigenvalue weighted by molar-refractivity contribution is 14.0. The van der Waals surface area contributed by atoms with Crippen molar-refractivity contribution < 1.29 is 13.2 Å². The third-order valence-corrected chi connectivity index (χ3v) is 5.17. The lowest BCUT2D eigenvalue weighted by molar-refractivity contribution is 0.0731. The number of ether oxygens (including phenoxy) is 1. The third-order valence-electron chi connectivity index (χ3n) is 3.32. The zero-order valence-electron chi connectivity index (χ0n) is 13.1. The molecule has 0 aliphatic carbocycles. The number of rotatable bonds is 5. The van der Waals surface area contributed by atoms with E-state index < -0.39 is 10.0 Å². The normalized spacial score (nSPS) is 16.7. The van der Waals surface area contributed by atoms with Gasteiger partial charge in [-0.05, 0) is 19.1 Å². The first-order valence-corrected chi connectivity index (χ1v) is 8.77. The number of guanidine groups is 1. The van der Waals surface area contributed by atoms with Gasteiger partial charge in [-0.15, -0.1) is 24.0 Å². The van der Waals surface area contributed by atoms with Gasteiger partial charge in [0.1, 0.15) is 0 Å². The Labute approximate surface area is 154 Å². The lowest BCUT2D eigenvalue weighted by Crippen LogP contribution is -2.42. The highest BCUT2D eigenvalue weighted by atomic mass is 127. The van der Waals surface area contributed by atoms with Crippen LogP contribution in [-0.4, -0.2) is 57.3 Å². The van der Waals surface area contributed by atoms with Crippen LogP contribution in [0.4, 0.5) is 5.69 Å². The van der Waals surface area contributed by atoms with Gasteiger partial charge in [0.2, 0.25) is 10.0 Å². The number of hydrogen-bond donors (Lipinski definition) is 2. The molecule has 0 aromatic heterocycles. The van der Waals surface area contributed by atoms with Crippen molar-refractivity contribution in [3.8, 4) is 0 Å². The second kappa shape index (κ2) is 9.40. The van der Waals surface area contributed by atoms with E-state index in [2.05, 4.69) is 10.3 Å². The molecule has 1 heterocycles. The average molecular weight is 454 g/mol. The van der Waals surface area contributed by atoms with E-state index in [1.807, 2.05) is 31.2 Å². The van der Waals surface area contributed by atoms with Crippen LogP contribution >= 0.6 is 24.0 Å². The highest BCUT2D eigenvalue weighted by Gasteiger charge is 2.23. The Morgan fingerprint density at radius 1 is 1.30 bits per heavy atom. The Hall–Kier alpha value is -0.910. The van der Waals surface area contributed by atoms with Crippen molar-refractivity contribution in [1.82, 2.24) is 4.31 Å². The molecule has 9 heteroatoms. The summed E-state index contributed by atoms with van der Waals surface area (Å²) >= 11 is 0. The van der Waals surface area contributed by atoms with Gasteiger partial charge >= 0.3 is 0 Å². The summed E-state index contributed by atoms with van der Waals surface area (Å²) in [6.45, 7) is 3.83. The summed E-state index contributed by atoms with van der Waals surface area (Å²) in [6, 6.07) is 7.70. The zero-order valence-corrected chi connectivity index (χ0v) is 16.2. The number of hydrogen-bond acceptors (Lipinski definition) is 4.